The number of nitrogens with zero attached hydrogens (tertiary/aromatic N) is 2. The highest BCUT2D eigenvalue weighted by molar-refractivity contribution is 9.11. The van der Waals surface area contributed by atoms with Crippen LogP contribution < -0.4 is 10.2 Å². The third-order valence-electron chi connectivity index (χ3n) is 2.49. The third kappa shape index (κ3) is 3.20. The van der Waals surface area contributed by atoms with E-state index in [4.69, 9.17) is 0 Å². The van der Waals surface area contributed by atoms with Gasteiger partial charge in [-0.3, -0.25) is 4.98 Å². The first-order valence-electron chi connectivity index (χ1n) is 5.26. The molecule has 2 heterocycles. The van der Waals surface area contributed by atoms with Gasteiger partial charge in [-0.05, 0) is 39.0 Å². The number of halogens is 1. The Hall–Kier alpha value is -1.07. The predicted octanol–water partition coefficient (Wildman–Crippen LogP) is 3.58. The Morgan fingerprint density at radius 2 is 2.24 bits per heavy atom. The number of thiophene rings is 1. The van der Waals surface area contributed by atoms with Gasteiger partial charge in [0, 0.05) is 20.6 Å². The second-order valence-electron chi connectivity index (χ2n) is 3.80. The number of hydrogen-bond acceptors (Lipinski definition) is 4. The van der Waals surface area contributed by atoms with E-state index < -0.39 is 0 Å². The van der Waals surface area contributed by atoms with Crippen molar-refractivity contribution in [3.05, 3.63) is 39.3 Å². The van der Waals surface area contributed by atoms with E-state index in [0.717, 1.165) is 17.9 Å². The maximum Gasteiger partial charge on any atom is 0.0701 e. The molecule has 17 heavy (non-hydrogen) atoms. The summed E-state index contributed by atoms with van der Waals surface area (Å²) in [6.07, 6.45) is 3.70. The molecule has 0 saturated carbocycles. The minimum absolute atomic E-state index is 0.886. The molecule has 1 N–H and O–H groups in total. The third-order valence-corrected chi connectivity index (χ3v) is 4.05. The molecule has 0 aromatic carbocycles. The summed E-state index contributed by atoms with van der Waals surface area (Å²) in [5, 5.41) is 5.26. The van der Waals surface area contributed by atoms with Crippen molar-refractivity contribution >= 4 is 38.6 Å². The van der Waals surface area contributed by atoms with Gasteiger partial charge in [0.1, 0.15) is 0 Å². The largest absolute Gasteiger partial charge is 0.387 e. The van der Waals surface area contributed by atoms with Crippen molar-refractivity contribution in [1.29, 1.82) is 0 Å². The first-order valence-corrected chi connectivity index (χ1v) is 6.93. The summed E-state index contributed by atoms with van der Waals surface area (Å²) < 4.78 is 1.17. The molecule has 0 unspecified atom stereocenters. The standard InChI is InChI=1S/C12H14BrN3S/c1-14-10-4-11(6-15-5-10)16(2)7-9-3-12(13)17-8-9/h3-6,8,14H,7H2,1-2H3. The zero-order valence-corrected chi connectivity index (χ0v) is 12.2. The highest BCUT2D eigenvalue weighted by Gasteiger charge is 2.05. The lowest BCUT2D eigenvalue weighted by molar-refractivity contribution is 0.922. The van der Waals surface area contributed by atoms with Crippen molar-refractivity contribution in [3.8, 4) is 0 Å². The van der Waals surface area contributed by atoms with Gasteiger partial charge in [0.25, 0.3) is 0 Å². The van der Waals surface area contributed by atoms with Crippen LogP contribution in [0.5, 0.6) is 0 Å². The summed E-state index contributed by atoms with van der Waals surface area (Å²) in [4.78, 5) is 6.40. The monoisotopic (exact) mass is 311 g/mol. The molecule has 2 aromatic heterocycles. The molecule has 0 bridgehead atoms. The lowest BCUT2D eigenvalue weighted by Gasteiger charge is -2.18. The fourth-order valence-electron chi connectivity index (χ4n) is 1.57. The highest BCUT2D eigenvalue weighted by Crippen LogP contribution is 2.23. The molecule has 0 aliphatic carbocycles. The number of rotatable bonds is 4. The number of pyridine rings is 1. The van der Waals surface area contributed by atoms with Gasteiger partial charge >= 0.3 is 0 Å². The second-order valence-corrected chi connectivity index (χ2v) is 6.09. The molecular formula is C12H14BrN3S. The maximum atomic E-state index is 4.21. The van der Waals surface area contributed by atoms with Crippen LogP contribution in [0.4, 0.5) is 11.4 Å². The van der Waals surface area contributed by atoms with Gasteiger partial charge in [0.2, 0.25) is 0 Å². The van der Waals surface area contributed by atoms with Crippen LogP contribution in [-0.2, 0) is 6.54 Å². The molecule has 5 heteroatoms. The van der Waals surface area contributed by atoms with E-state index in [0.29, 0.717) is 0 Å². The van der Waals surface area contributed by atoms with Gasteiger partial charge in [0.05, 0.1) is 27.6 Å². The molecule has 2 aromatic rings. The van der Waals surface area contributed by atoms with Crippen LogP contribution in [0, 0.1) is 0 Å². The van der Waals surface area contributed by atoms with Crippen LogP contribution in [0.25, 0.3) is 0 Å². The minimum Gasteiger partial charge on any atom is -0.387 e. The van der Waals surface area contributed by atoms with Crippen LogP contribution in [0.3, 0.4) is 0 Å². The Labute approximate surface area is 114 Å². The summed E-state index contributed by atoms with van der Waals surface area (Å²) in [6, 6.07) is 4.24. The number of anilines is 2. The SMILES string of the molecule is CNc1cncc(N(C)Cc2csc(Br)c2)c1. The van der Waals surface area contributed by atoms with E-state index in [9.17, 15) is 0 Å². The first-order chi connectivity index (χ1) is 8.19. The van der Waals surface area contributed by atoms with Crippen LogP contribution in [0.2, 0.25) is 0 Å². The first kappa shape index (κ1) is 12.4. The molecule has 0 spiro atoms. The van der Waals surface area contributed by atoms with Crippen molar-refractivity contribution in [2.45, 2.75) is 6.54 Å². The fourth-order valence-corrected chi connectivity index (χ4v) is 2.77. The van der Waals surface area contributed by atoms with Crippen molar-refractivity contribution in [2.75, 3.05) is 24.3 Å². The van der Waals surface area contributed by atoms with E-state index in [1.807, 2.05) is 19.4 Å². The van der Waals surface area contributed by atoms with Crippen LogP contribution in [0.15, 0.2) is 33.7 Å². The smallest absolute Gasteiger partial charge is 0.0701 e. The van der Waals surface area contributed by atoms with Gasteiger partial charge in [-0.25, -0.2) is 0 Å². The van der Waals surface area contributed by atoms with E-state index in [1.54, 1.807) is 11.3 Å². The highest BCUT2D eigenvalue weighted by atomic mass is 79.9. The molecule has 0 fully saturated rings. The second kappa shape index (κ2) is 5.51. The summed E-state index contributed by atoms with van der Waals surface area (Å²) in [6.45, 7) is 0.886. The molecule has 0 atom stereocenters. The average molecular weight is 312 g/mol. The Balaban J connectivity index is 2.11. The van der Waals surface area contributed by atoms with Crippen molar-refractivity contribution in [3.63, 3.8) is 0 Å². The minimum atomic E-state index is 0.886. The lowest BCUT2D eigenvalue weighted by Crippen LogP contribution is -2.16. The van der Waals surface area contributed by atoms with Crippen LogP contribution in [-0.4, -0.2) is 19.1 Å². The van der Waals surface area contributed by atoms with Crippen LogP contribution >= 0.6 is 27.3 Å². The molecule has 90 valence electrons. The zero-order chi connectivity index (χ0) is 12.3. The Kier molecular flexibility index (Phi) is 4.02. The van der Waals surface area contributed by atoms with Gasteiger partial charge in [-0.1, -0.05) is 0 Å². The maximum absolute atomic E-state index is 4.21. The van der Waals surface area contributed by atoms with E-state index in [-0.39, 0.29) is 0 Å². The fraction of sp³-hybridized carbons (Fsp3) is 0.250. The van der Waals surface area contributed by atoms with Crippen molar-refractivity contribution in [1.82, 2.24) is 4.98 Å². The molecule has 0 aliphatic heterocycles. The molecule has 0 saturated heterocycles. The van der Waals surface area contributed by atoms with Gasteiger partial charge in [-0.15, -0.1) is 11.3 Å². The number of nitrogens with one attached hydrogen (secondary N) is 1. The van der Waals surface area contributed by atoms with Crippen molar-refractivity contribution < 1.29 is 0 Å². The predicted molar refractivity (Wildman–Crippen MR) is 77.9 cm³/mol. The van der Waals surface area contributed by atoms with E-state index >= 15 is 0 Å². The molecule has 0 amide bonds. The summed E-state index contributed by atoms with van der Waals surface area (Å²) >= 11 is 5.19. The Morgan fingerprint density at radius 1 is 1.41 bits per heavy atom. The number of aromatic nitrogens is 1. The zero-order valence-electron chi connectivity index (χ0n) is 9.77. The molecular weight excluding hydrogens is 298 g/mol. The molecule has 0 radical (unpaired) electrons. The molecule has 2 rings (SSSR count). The van der Waals surface area contributed by atoms with Crippen molar-refractivity contribution in [2.24, 2.45) is 0 Å². The molecule has 0 aliphatic rings. The Bertz CT molecular complexity index is 498. The van der Waals surface area contributed by atoms with Gasteiger partial charge < -0.3 is 10.2 Å². The van der Waals surface area contributed by atoms with E-state index in [2.05, 4.69) is 55.7 Å². The average Bonchev–Trinajstić information content (AvgIpc) is 2.75. The summed E-state index contributed by atoms with van der Waals surface area (Å²) in [5.74, 6) is 0. The van der Waals surface area contributed by atoms with Crippen LogP contribution in [0.1, 0.15) is 5.56 Å². The Morgan fingerprint density at radius 3 is 2.88 bits per heavy atom. The summed E-state index contributed by atoms with van der Waals surface area (Å²) in [7, 11) is 3.97. The number of hydrogen-bond donors (Lipinski definition) is 1. The molecule has 3 nitrogen and oxygen atoms in total. The topological polar surface area (TPSA) is 28.2 Å². The van der Waals surface area contributed by atoms with Gasteiger partial charge in [-0.2, -0.15) is 0 Å². The van der Waals surface area contributed by atoms with E-state index in [1.165, 1.54) is 9.35 Å². The normalized spacial score (nSPS) is 10.3. The summed E-state index contributed by atoms with van der Waals surface area (Å²) in [5.41, 5.74) is 3.44. The van der Waals surface area contributed by atoms with Gasteiger partial charge in [0.15, 0.2) is 0 Å². The lowest BCUT2D eigenvalue weighted by atomic mass is 10.3. The quantitative estimate of drug-likeness (QED) is 0.935.